The number of aromatic nitrogens is 2. The number of benzene rings is 2. The summed E-state index contributed by atoms with van der Waals surface area (Å²) in [6.07, 6.45) is -4.47. The fraction of sp³-hybridized carbons (Fsp3) is 0.158. The van der Waals surface area contributed by atoms with Gasteiger partial charge in [-0.05, 0) is 48.4 Å². The van der Waals surface area contributed by atoms with Gasteiger partial charge in [0.2, 0.25) is 0 Å². The van der Waals surface area contributed by atoms with Crippen LogP contribution in [-0.4, -0.2) is 9.78 Å². The second-order valence-electron chi connectivity index (χ2n) is 5.87. The van der Waals surface area contributed by atoms with E-state index in [0.29, 0.717) is 10.7 Å². The summed E-state index contributed by atoms with van der Waals surface area (Å²) < 4.78 is 40.1. The lowest BCUT2D eigenvalue weighted by Gasteiger charge is -2.11. The molecular formula is C19H14ClF3N2O. The molecule has 0 N–H and O–H groups in total. The van der Waals surface area contributed by atoms with Crippen LogP contribution < -0.4 is 5.56 Å². The first kappa shape index (κ1) is 18.2. The molecule has 0 amide bonds. The molecule has 0 aliphatic heterocycles. The van der Waals surface area contributed by atoms with Crippen LogP contribution in [0, 0.1) is 6.92 Å². The van der Waals surface area contributed by atoms with Gasteiger partial charge >= 0.3 is 6.18 Å². The van der Waals surface area contributed by atoms with Crippen molar-refractivity contribution in [3.8, 4) is 11.1 Å². The lowest BCUT2D eigenvalue weighted by molar-refractivity contribution is -0.137. The molecule has 1 aromatic heterocycles. The lowest BCUT2D eigenvalue weighted by atomic mass is 10.0. The molecule has 26 heavy (non-hydrogen) atoms. The Labute approximate surface area is 152 Å². The van der Waals surface area contributed by atoms with Crippen LogP contribution in [0.1, 0.15) is 16.8 Å². The average molecular weight is 379 g/mol. The van der Waals surface area contributed by atoms with Gasteiger partial charge in [-0.1, -0.05) is 35.9 Å². The van der Waals surface area contributed by atoms with E-state index in [1.165, 1.54) is 22.9 Å². The minimum Gasteiger partial charge on any atom is -0.267 e. The maximum atomic E-state index is 13.0. The molecule has 0 aliphatic rings. The van der Waals surface area contributed by atoms with Gasteiger partial charge in [0, 0.05) is 5.02 Å². The van der Waals surface area contributed by atoms with Gasteiger partial charge in [0.1, 0.15) is 0 Å². The third kappa shape index (κ3) is 3.96. The fourth-order valence-corrected chi connectivity index (χ4v) is 2.87. The largest absolute Gasteiger partial charge is 0.416 e. The van der Waals surface area contributed by atoms with Crippen LogP contribution in [0.4, 0.5) is 13.2 Å². The zero-order chi connectivity index (χ0) is 18.9. The molecule has 0 bridgehead atoms. The Bertz CT molecular complexity index is 1010. The first-order chi connectivity index (χ1) is 12.2. The van der Waals surface area contributed by atoms with Gasteiger partial charge in [0.25, 0.3) is 5.56 Å². The Kier molecular flexibility index (Phi) is 4.87. The van der Waals surface area contributed by atoms with E-state index in [4.69, 9.17) is 11.6 Å². The van der Waals surface area contributed by atoms with E-state index in [9.17, 15) is 18.0 Å². The topological polar surface area (TPSA) is 34.9 Å². The van der Waals surface area contributed by atoms with Crippen LogP contribution in [0.5, 0.6) is 0 Å². The van der Waals surface area contributed by atoms with Crippen LogP contribution >= 0.6 is 11.6 Å². The summed E-state index contributed by atoms with van der Waals surface area (Å²) in [5.74, 6) is 0. The molecular weight excluding hydrogens is 365 g/mol. The molecule has 1 heterocycles. The summed E-state index contributed by atoms with van der Waals surface area (Å²) in [6.45, 7) is 1.86. The second kappa shape index (κ2) is 6.96. The number of alkyl halides is 3. The third-order valence-corrected chi connectivity index (χ3v) is 4.05. The van der Waals surface area contributed by atoms with E-state index in [2.05, 4.69) is 5.10 Å². The molecule has 0 saturated carbocycles. The highest BCUT2D eigenvalue weighted by Crippen LogP contribution is 2.31. The van der Waals surface area contributed by atoms with Crippen molar-refractivity contribution in [3.05, 3.63) is 86.8 Å². The standard InChI is InChI=1S/C19H14ClF3N2O/c1-12-8-17(14-5-3-6-15(10-14)19(21,22)23)18(26)25(24-12)11-13-4-2-7-16(20)9-13/h2-10H,11H2,1H3. The maximum absolute atomic E-state index is 13.0. The molecule has 3 rings (SSSR count). The van der Waals surface area contributed by atoms with Gasteiger partial charge < -0.3 is 0 Å². The number of hydrogen-bond acceptors (Lipinski definition) is 2. The third-order valence-electron chi connectivity index (χ3n) is 3.82. The Morgan fingerprint density at radius 2 is 1.81 bits per heavy atom. The number of nitrogens with zero attached hydrogens (tertiary/aromatic N) is 2. The monoisotopic (exact) mass is 378 g/mol. The first-order valence-corrected chi connectivity index (χ1v) is 8.13. The highest BCUT2D eigenvalue weighted by molar-refractivity contribution is 6.30. The highest BCUT2D eigenvalue weighted by Gasteiger charge is 2.30. The first-order valence-electron chi connectivity index (χ1n) is 7.75. The second-order valence-corrected chi connectivity index (χ2v) is 6.31. The highest BCUT2D eigenvalue weighted by atomic mass is 35.5. The van der Waals surface area contributed by atoms with Crippen molar-refractivity contribution < 1.29 is 13.2 Å². The van der Waals surface area contributed by atoms with Crippen molar-refractivity contribution in [2.45, 2.75) is 19.6 Å². The molecule has 0 unspecified atom stereocenters. The van der Waals surface area contributed by atoms with Crippen molar-refractivity contribution in [3.63, 3.8) is 0 Å². The average Bonchev–Trinajstić information content (AvgIpc) is 2.57. The minimum absolute atomic E-state index is 0.172. The maximum Gasteiger partial charge on any atom is 0.416 e. The SMILES string of the molecule is Cc1cc(-c2cccc(C(F)(F)F)c2)c(=O)n(Cc2cccc(Cl)c2)n1. The molecule has 3 aromatic rings. The molecule has 134 valence electrons. The van der Waals surface area contributed by atoms with Crippen molar-refractivity contribution in [1.29, 1.82) is 0 Å². The van der Waals surface area contributed by atoms with Gasteiger partial charge in [0.05, 0.1) is 23.4 Å². The minimum atomic E-state index is -4.47. The Balaban J connectivity index is 2.07. The number of rotatable bonds is 3. The van der Waals surface area contributed by atoms with Gasteiger partial charge in [-0.3, -0.25) is 4.79 Å². The van der Waals surface area contributed by atoms with Gasteiger partial charge in [0.15, 0.2) is 0 Å². The van der Waals surface area contributed by atoms with Gasteiger partial charge in [-0.15, -0.1) is 0 Å². The molecule has 0 fully saturated rings. The van der Waals surface area contributed by atoms with E-state index in [1.54, 1.807) is 31.2 Å². The molecule has 0 aliphatic carbocycles. The summed E-state index contributed by atoms with van der Waals surface area (Å²) in [6, 6.07) is 13.2. The van der Waals surface area contributed by atoms with Crippen molar-refractivity contribution in [2.75, 3.05) is 0 Å². The van der Waals surface area contributed by atoms with E-state index in [-0.39, 0.29) is 17.7 Å². The van der Waals surface area contributed by atoms with Gasteiger partial charge in [-0.25, -0.2) is 4.68 Å². The fourth-order valence-electron chi connectivity index (χ4n) is 2.66. The summed E-state index contributed by atoms with van der Waals surface area (Å²) in [4.78, 5) is 12.8. The van der Waals surface area contributed by atoms with Crippen LogP contribution in [0.25, 0.3) is 11.1 Å². The Morgan fingerprint density at radius 3 is 2.50 bits per heavy atom. The quantitative estimate of drug-likeness (QED) is 0.647. The van der Waals surface area contributed by atoms with Crippen LogP contribution in [0.3, 0.4) is 0 Å². The molecule has 7 heteroatoms. The normalized spacial score (nSPS) is 11.6. The van der Waals surface area contributed by atoms with Gasteiger partial charge in [-0.2, -0.15) is 18.3 Å². The van der Waals surface area contributed by atoms with Crippen LogP contribution in [0.15, 0.2) is 59.4 Å². The van der Waals surface area contributed by atoms with Crippen molar-refractivity contribution in [2.24, 2.45) is 0 Å². The Morgan fingerprint density at radius 1 is 1.08 bits per heavy atom. The molecule has 0 atom stereocenters. The van der Waals surface area contributed by atoms with E-state index >= 15 is 0 Å². The van der Waals surface area contributed by atoms with E-state index in [0.717, 1.165) is 17.7 Å². The Hall–Kier alpha value is -2.60. The van der Waals surface area contributed by atoms with Crippen LogP contribution in [0.2, 0.25) is 5.02 Å². The van der Waals surface area contributed by atoms with E-state index in [1.807, 2.05) is 0 Å². The zero-order valence-electron chi connectivity index (χ0n) is 13.7. The predicted molar refractivity (Wildman–Crippen MR) is 94.2 cm³/mol. The van der Waals surface area contributed by atoms with Crippen molar-refractivity contribution >= 4 is 11.6 Å². The molecule has 0 spiro atoms. The molecule has 0 radical (unpaired) electrons. The molecule has 2 aromatic carbocycles. The number of halogens is 4. The number of aryl methyl sites for hydroxylation is 1. The van der Waals surface area contributed by atoms with Crippen molar-refractivity contribution in [1.82, 2.24) is 9.78 Å². The predicted octanol–water partition coefficient (Wildman–Crippen LogP) is 4.94. The molecule has 3 nitrogen and oxygen atoms in total. The smallest absolute Gasteiger partial charge is 0.267 e. The summed E-state index contributed by atoms with van der Waals surface area (Å²) in [5.41, 5.74) is 0.410. The summed E-state index contributed by atoms with van der Waals surface area (Å²) in [5, 5.41) is 4.72. The van der Waals surface area contributed by atoms with Crippen LogP contribution in [-0.2, 0) is 12.7 Å². The number of hydrogen-bond donors (Lipinski definition) is 0. The summed E-state index contributed by atoms with van der Waals surface area (Å²) in [7, 11) is 0. The molecule has 0 saturated heterocycles. The lowest BCUT2D eigenvalue weighted by Crippen LogP contribution is -2.25. The zero-order valence-corrected chi connectivity index (χ0v) is 14.5. The van der Waals surface area contributed by atoms with E-state index < -0.39 is 17.3 Å². The summed E-state index contributed by atoms with van der Waals surface area (Å²) >= 11 is 5.96.